The molecule has 78 valence electrons. The summed E-state index contributed by atoms with van der Waals surface area (Å²) in [5.41, 5.74) is 3.05. The lowest BCUT2D eigenvalue weighted by atomic mass is 9.81. The van der Waals surface area contributed by atoms with Crippen LogP contribution < -0.4 is 0 Å². The van der Waals surface area contributed by atoms with Gasteiger partial charge in [-0.05, 0) is 39.0 Å². The fourth-order valence-corrected chi connectivity index (χ4v) is 2.88. The van der Waals surface area contributed by atoms with Gasteiger partial charge in [0.2, 0.25) is 5.91 Å². The minimum Gasteiger partial charge on any atom is -0.339 e. The number of likely N-dealkylation sites (tertiary alicyclic amines) is 1. The Kier molecular flexibility index (Phi) is 2.38. The van der Waals surface area contributed by atoms with Crippen molar-refractivity contribution in [3.8, 4) is 0 Å². The Bertz CT molecular complexity index is 293. The van der Waals surface area contributed by atoms with E-state index in [0.717, 1.165) is 18.9 Å². The predicted molar refractivity (Wildman–Crippen MR) is 56.9 cm³/mol. The molecule has 2 nitrogen and oxygen atoms in total. The summed E-state index contributed by atoms with van der Waals surface area (Å²) in [5.74, 6) is 0.993. The SMILES string of the molecule is CC(=O)N1CC[C@H]2CC(C)=C(C)CC21. The van der Waals surface area contributed by atoms with Gasteiger partial charge in [0, 0.05) is 19.5 Å². The van der Waals surface area contributed by atoms with Crippen molar-refractivity contribution in [2.24, 2.45) is 5.92 Å². The summed E-state index contributed by atoms with van der Waals surface area (Å²) in [4.78, 5) is 13.5. The highest BCUT2D eigenvalue weighted by molar-refractivity contribution is 5.74. The van der Waals surface area contributed by atoms with Crippen LogP contribution in [0.1, 0.15) is 40.0 Å². The summed E-state index contributed by atoms with van der Waals surface area (Å²) < 4.78 is 0. The number of nitrogens with zero attached hydrogens (tertiary/aromatic N) is 1. The van der Waals surface area contributed by atoms with Gasteiger partial charge in [0.15, 0.2) is 0 Å². The monoisotopic (exact) mass is 193 g/mol. The quantitative estimate of drug-likeness (QED) is 0.541. The molecule has 1 amide bonds. The van der Waals surface area contributed by atoms with Crippen LogP contribution in [0.5, 0.6) is 0 Å². The molecule has 2 heteroatoms. The van der Waals surface area contributed by atoms with Crippen molar-refractivity contribution in [2.45, 2.75) is 46.1 Å². The number of carbonyl (C=O) groups excluding carboxylic acids is 1. The Hall–Kier alpha value is -0.790. The van der Waals surface area contributed by atoms with Gasteiger partial charge < -0.3 is 4.90 Å². The van der Waals surface area contributed by atoms with Gasteiger partial charge in [0.1, 0.15) is 0 Å². The molecule has 2 atom stereocenters. The van der Waals surface area contributed by atoms with E-state index in [1.54, 1.807) is 12.5 Å². The number of hydrogen-bond donors (Lipinski definition) is 0. The second-order valence-corrected chi connectivity index (χ2v) is 4.80. The van der Waals surface area contributed by atoms with E-state index < -0.39 is 0 Å². The molecule has 2 aliphatic rings. The maximum Gasteiger partial charge on any atom is 0.219 e. The number of hydrogen-bond acceptors (Lipinski definition) is 1. The lowest BCUT2D eigenvalue weighted by Gasteiger charge is -2.32. The van der Waals surface area contributed by atoms with Gasteiger partial charge in [0.05, 0.1) is 0 Å². The van der Waals surface area contributed by atoms with Crippen molar-refractivity contribution in [1.82, 2.24) is 4.90 Å². The molecule has 0 bridgehead atoms. The first-order chi connectivity index (χ1) is 6.59. The summed E-state index contributed by atoms with van der Waals surface area (Å²) in [6, 6.07) is 0.510. The van der Waals surface area contributed by atoms with E-state index in [1.165, 1.54) is 18.4 Å². The van der Waals surface area contributed by atoms with Crippen LogP contribution in [0, 0.1) is 5.92 Å². The molecule has 1 heterocycles. The van der Waals surface area contributed by atoms with E-state index >= 15 is 0 Å². The van der Waals surface area contributed by atoms with Crippen molar-refractivity contribution in [1.29, 1.82) is 0 Å². The predicted octanol–water partition coefficient (Wildman–Crippen LogP) is 2.35. The third kappa shape index (κ3) is 1.47. The molecule has 1 unspecified atom stereocenters. The molecule has 1 fully saturated rings. The Morgan fingerprint density at radius 2 is 1.93 bits per heavy atom. The Labute approximate surface area is 86.0 Å². The smallest absolute Gasteiger partial charge is 0.219 e. The molecule has 1 aliphatic heterocycles. The standard InChI is InChI=1S/C12H19NO/c1-8-6-11-4-5-13(10(3)14)12(11)7-9(8)2/h11-12H,4-7H2,1-3H3/t11-,12?/m0/s1. The van der Waals surface area contributed by atoms with E-state index in [9.17, 15) is 4.79 Å². The van der Waals surface area contributed by atoms with Crippen LogP contribution in [0.25, 0.3) is 0 Å². The molecule has 0 aromatic carbocycles. The molecule has 0 N–H and O–H groups in total. The maximum atomic E-state index is 11.4. The minimum atomic E-state index is 0.254. The number of allylic oxidation sites excluding steroid dienone is 1. The maximum absolute atomic E-state index is 11.4. The minimum absolute atomic E-state index is 0.254. The van der Waals surface area contributed by atoms with Gasteiger partial charge in [-0.3, -0.25) is 4.79 Å². The topological polar surface area (TPSA) is 20.3 Å². The second-order valence-electron chi connectivity index (χ2n) is 4.80. The summed E-state index contributed by atoms with van der Waals surface area (Å²) in [6.07, 6.45) is 3.52. The molecule has 0 aromatic rings. The van der Waals surface area contributed by atoms with E-state index in [4.69, 9.17) is 0 Å². The van der Waals surface area contributed by atoms with Crippen LogP contribution in [-0.2, 0) is 4.79 Å². The highest BCUT2D eigenvalue weighted by Crippen LogP contribution is 2.38. The zero-order chi connectivity index (χ0) is 10.3. The van der Waals surface area contributed by atoms with Gasteiger partial charge in [-0.1, -0.05) is 11.1 Å². The van der Waals surface area contributed by atoms with Crippen molar-refractivity contribution in [3.05, 3.63) is 11.1 Å². The number of carbonyl (C=O) groups is 1. The molecular weight excluding hydrogens is 174 g/mol. The molecule has 1 saturated heterocycles. The van der Waals surface area contributed by atoms with Crippen LogP contribution in [0.4, 0.5) is 0 Å². The molecular formula is C12H19NO. The summed E-state index contributed by atoms with van der Waals surface area (Å²) in [5, 5.41) is 0. The van der Waals surface area contributed by atoms with E-state index in [2.05, 4.69) is 18.7 Å². The number of amides is 1. The Morgan fingerprint density at radius 1 is 1.29 bits per heavy atom. The first-order valence-corrected chi connectivity index (χ1v) is 5.52. The molecule has 0 aromatic heterocycles. The van der Waals surface area contributed by atoms with Crippen molar-refractivity contribution >= 4 is 5.91 Å². The average Bonchev–Trinajstić information content (AvgIpc) is 2.48. The largest absolute Gasteiger partial charge is 0.339 e. The lowest BCUT2D eigenvalue weighted by molar-refractivity contribution is -0.130. The first-order valence-electron chi connectivity index (χ1n) is 5.52. The van der Waals surface area contributed by atoms with Crippen molar-refractivity contribution in [2.75, 3.05) is 6.54 Å². The normalized spacial score (nSPS) is 32.1. The van der Waals surface area contributed by atoms with E-state index in [0.29, 0.717) is 6.04 Å². The highest BCUT2D eigenvalue weighted by Gasteiger charge is 2.37. The summed E-state index contributed by atoms with van der Waals surface area (Å²) in [6.45, 7) is 7.12. The van der Waals surface area contributed by atoms with Crippen LogP contribution in [0.2, 0.25) is 0 Å². The van der Waals surface area contributed by atoms with Gasteiger partial charge in [-0.15, -0.1) is 0 Å². The van der Waals surface area contributed by atoms with Crippen molar-refractivity contribution in [3.63, 3.8) is 0 Å². The zero-order valence-corrected chi connectivity index (χ0v) is 9.34. The van der Waals surface area contributed by atoms with E-state index in [-0.39, 0.29) is 5.91 Å². The third-order valence-corrected chi connectivity index (χ3v) is 3.90. The number of fused-ring (bicyclic) bond motifs is 1. The molecule has 14 heavy (non-hydrogen) atoms. The van der Waals surface area contributed by atoms with Gasteiger partial charge in [0.25, 0.3) is 0 Å². The van der Waals surface area contributed by atoms with Gasteiger partial charge >= 0.3 is 0 Å². The fraction of sp³-hybridized carbons (Fsp3) is 0.750. The van der Waals surface area contributed by atoms with Gasteiger partial charge in [-0.2, -0.15) is 0 Å². The molecule has 0 spiro atoms. The second kappa shape index (κ2) is 3.41. The number of rotatable bonds is 0. The lowest BCUT2D eigenvalue weighted by Crippen LogP contribution is -2.38. The van der Waals surface area contributed by atoms with Crippen LogP contribution in [0.15, 0.2) is 11.1 Å². The van der Waals surface area contributed by atoms with Crippen molar-refractivity contribution < 1.29 is 4.79 Å². The fourth-order valence-electron chi connectivity index (χ4n) is 2.88. The summed E-state index contributed by atoms with van der Waals surface area (Å²) >= 11 is 0. The average molecular weight is 193 g/mol. The van der Waals surface area contributed by atoms with Crippen LogP contribution in [-0.4, -0.2) is 23.4 Å². The molecule has 0 radical (unpaired) electrons. The Balaban J connectivity index is 2.17. The molecule has 1 aliphatic carbocycles. The summed E-state index contributed by atoms with van der Waals surface area (Å²) in [7, 11) is 0. The Morgan fingerprint density at radius 3 is 2.57 bits per heavy atom. The van der Waals surface area contributed by atoms with Crippen LogP contribution in [0.3, 0.4) is 0 Å². The van der Waals surface area contributed by atoms with E-state index in [1.807, 2.05) is 0 Å². The highest BCUT2D eigenvalue weighted by atomic mass is 16.2. The molecule has 0 saturated carbocycles. The molecule has 2 rings (SSSR count). The zero-order valence-electron chi connectivity index (χ0n) is 9.34. The third-order valence-electron chi connectivity index (χ3n) is 3.90. The van der Waals surface area contributed by atoms with Crippen LogP contribution >= 0.6 is 0 Å². The van der Waals surface area contributed by atoms with Gasteiger partial charge in [-0.25, -0.2) is 0 Å². The first kappa shape index (κ1) is 9.75.